The van der Waals surface area contributed by atoms with Gasteiger partial charge in [0.15, 0.2) is 0 Å². The van der Waals surface area contributed by atoms with Crippen molar-refractivity contribution >= 4 is 0 Å². The first-order chi connectivity index (χ1) is 9.13. The molecule has 2 aromatic rings. The minimum Gasteiger partial charge on any atom is -0.496 e. The average Bonchev–Trinajstić information content (AvgIpc) is 2.72. The van der Waals surface area contributed by atoms with E-state index in [-0.39, 0.29) is 5.41 Å². The van der Waals surface area contributed by atoms with Gasteiger partial charge in [-0.05, 0) is 29.0 Å². The molecular formula is C18H20O. The van der Waals surface area contributed by atoms with Crippen LogP contribution in [-0.2, 0) is 5.41 Å². The maximum atomic E-state index is 5.60. The quantitative estimate of drug-likeness (QED) is 0.764. The zero-order valence-electron chi connectivity index (χ0n) is 11.8. The predicted octanol–water partition coefficient (Wildman–Crippen LogP) is 4.51. The van der Waals surface area contributed by atoms with Crippen LogP contribution in [0.4, 0.5) is 0 Å². The van der Waals surface area contributed by atoms with Crippen LogP contribution < -0.4 is 4.74 Å². The van der Waals surface area contributed by atoms with E-state index in [1.807, 2.05) is 0 Å². The number of hydrogen-bond donors (Lipinski definition) is 0. The van der Waals surface area contributed by atoms with Crippen molar-refractivity contribution < 1.29 is 4.74 Å². The molecule has 3 rings (SSSR count). The third-order valence-corrected chi connectivity index (χ3v) is 4.28. The smallest absolute Gasteiger partial charge is 0.122 e. The molecule has 1 unspecified atom stereocenters. The molecule has 1 heteroatoms. The number of fused-ring (bicyclic) bond motifs is 1. The van der Waals surface area contributed by atoms with E-state index in [4.69, 9.17) is 4.74 Å². The summed E-state index contributed by atoms with van der Waals surface area (Å²) < 4.78 is 5.60. The summed E-state index contributed by atoms with van der Waals surface area (Å²) in [7, 11) is 1.77. The van der Waals surface area contributed by atoms with Crippen LogP contribution in [0, 0.1) is 0 Å². The first-order valence-electron chi connectivity index (χ1n) is 6.86. The number of methoxy groups -OCH3 is 1. The molecule has 1 aliphatic carbocycles. The molecule has 0 N–H and O–H groups in total. The SMILES string of the molecule is COc1cccc2c1C(c1ccccc1)CC2(C)C. The highest BCUT2D eigenvalue weighted by Crippen LogP contribution is 2.51. The van der Waals surface area contributed by atoms with Crippen molar-refractivity contribution in [3.8, 4) is 5.75 Å². The zero-order valence-corrected chi connectivity index (χ0v) is 11.8. The molecule has 98 valence electrons. The molecule has 1 nitrogen and oxygen atoms in total. The summed E-state index contributed by atoms with van der Waals surface area (Å²) in [5.41, 5.74) is 4.41. The molecule has 0 saturated carbocycles. The second kappa shape index (κ2) is 4.41. The lowest BCUT2D eigenvalue weighted by Crippen LogP contribution is -2.12. The molecule has 0 bridgehead atoms. The van der Waals surface area contributed by atoms with Crippen molar-refractivity contribution in [2.75, 3.05) is 7.11 Å². The Morgan fingerprint density at radius 2 is 1.74 bits per heavy atom. The van der Waals surface area contributed by atoms with Gasteiger partial charge in [0, 0.05) is 11.5 Å². The third-order valence-electron chi connectivity index (χ3n) is 4.28. The fraction of sp³-hybridized carbons (Fsp3) is 0.333. The monoisotopic (exact) mass is 252 g/mol. The van der Waals surface area contributed by atoms with Gasteiger partial charge in [-0.2, -0.15) is 0 Å². The van der Waals surface area contributed by atoms with Crippen molar-refractivity contribution in [3.63, 3.8) is 0 Å². The standard InChI is InChI=1S/C18H20O/c1-18(2)12-14(13-8-5-4-6-9-13)17-15(18)10-7-11-16(17)19-3/h4-11,14H,12H2,1-3H3. The van der Waals surface area contributed by atoms with Crippen molar-refractivity contribution in [1.82, 2.24) is 0 Å². The van der Waals surface area contributed by atoms with Crippen molar-refractivity contribution in [1.29, 1.82) is 0 Å². The lowest BCUT2D eigenvalue weighted by Gasteiger charge is -2.19. The van der Waals surface area contributed by atoms with E-state index >= 15 is 0 Å². The Balaban J connectivity index is 2.18. The lowest BCUT2D eigenvalue weighted by molar-refractivity contribution is 0.408. The van der Waals surface area contributed by atoms with Crippen molar-refractivity contribution in [3.05, 3.63) is 65.2 Å². The van der Waals surface area contributed by atoms with Gasteiger partial charge in [-0.1, -0.05) is 56.3 Å². The van der Waals surface area contributed by atoms with E-state index in [0.717, 1.165) is 12.2 Å². The van der Waals surface area contributed by atoms with E-state index in [1.165, 1.54) is 16.7 Å². The largest absolute Gasteiger partial charge is 0.496 e. The summed E-state index contributed by atoms with van der Waals surface area (Å²) in [6, 6.07) is 17.2. The van der Waals surface area contributed by atoms with E-state index in [0.29, 0.717) is 5.92 Å². The number of hydrogen-bond acceptors (Lipinski definition) is 1. The second-order valence-corrected chi connectivity index (χ2v) is 5.97. The highest BCUT2D eigenvalue weighted by atomic mass is 16.5. The van der Waals surface area contributed by atoms with Gasteiger partial charge in [-0.3, -0.25) is 0 Å². The van der Waals surface area contributed by atoms with Gasteiger partial charge >= 0.3 is 0 Å². The highest BCUT2D eigenvalue weighted by molar-refractivity contribution is 5.54. The molecule has 19 heavy (non-hydrogen) atoms. The summed E-state index contributed by atoms with van der Waals surface area (Å²) in [6.45, 7) is 4.66. The lowest BCUT2D eigenvalue weighted by atomic mass is 9.85. The van der Waals surface area contributed by atoms with Gasteiger partial charge in [-0.25, -0.2) is 0 Å². The van der Waals surface area contributed by atoms with Crippen LogP contribution in [0.2, 0.25) is 0 Å². The first-order valence-corrected chi connectivity index (χ1v) is 6.86. The maximum absolute atomic E-state index is 5.60. The summed E-state index contributed by atoms with van der Waals surface area (Å²) in [5, 5.41) is 0. The van der Waals surface area contributed by atoms with Crippen LogP contribution in [0.1, 0.15) is 42.9 Å². The zero-order chi connectivity index (χ0) is 13.5. The van der Waals surface area contributed by atoms with Gasteiger partial charge in [0.25, 0.3) is 0 Å². The minimum atomic E-state index is 0.213. The Kier molecular flexibility index (Phi) is 2.85. The maximum Gasteiger partial charge on any atom is 0.122 e. The van der Waals surface area contributed by atoms with Crippen LogP contribution in [0.3, 0.4) is 0 Å². The van der Waals surface area contributed by atoms with E-state index < -0.39 is 0 Å². The molecule has 0 fully saturated rings. The summed E-state index contributed by atoms with van der Waals surface area (Å²) in [5.74, 6) is 1.47. The molecule has 0 aliphatic heterocycles. The molecule has 0 heterocycles. The predicted molar refractivity (Wildman–Crippen MR) is 78.9 cm³/mol. The van der Waals surface area contributed by atoms with Gasteiger partial charge in [0.2, 0.25) is 0 Å². The van der Waals surface area contributed by atoms with Crippen LogP contribution in [0.15, 0.2) is 48.5 Å². The van der Waals surface area contributed by atoms with Crippen molar-refractivity contribution in [2.24, 2.45) is 0 Å². The third kappa shape index (κ3) is 1.94. The molecule has 1 aliphatic rings. The van der Waals surface area contributed by atoms with Crippen LogP contribution in [0.25, 0.3) is 0 Å². The Morgan fingerprint density at radius 3 is 2.42 bits per heavy atom. The number of benzene rings is 2. The van der Waals surface area contributed by atoms with E-state index in [9.17, 15) is 0 Å². The molecule has 0 amide bonds. The second-order valence-electron chi connectivity index (χ2n) is 5.97. The molecule has 2 aromatic carbocycles. The van der Waals surface area contributed by atoms with Crippen LogP contribution in [0.5, 0.6) is 5.75 Å². The topological polar surface area (TPSA) is 9.23 Å². The molecule has 1 atom stereocenters. The van der Waals surface area contributed by atoms with Crippen molar-refractivity contribution in [2.45, 2.75) is 31.6 Å². The van der Waals surface area contributed by atoms with E-state index in [1.54, 1.807) is 7.11 Å². The van der Waals surface area contributed by atoms with Crippen LogP contribution in [-0.4, -0.2) is 7.11 Å². The average molecular weight is 252 g/mol. The summed E-state index contributed by atoms with van der Waals surface area (Å²) >= 11 is 0. The Hall–Kier alpha value is -1.76. The Bertz CT molecular complexity index is 584. The molecule has 0 aromatic heterocycles. The minimum absolute atomic E-state index is 0.213. The fourth-order valence-corrected chi connectivity index (χ4v) is 3.36. The molecule has 0 saturated heterocycles. The molecule has 0 spiro atoms. The van der Waals surface area contributed by atoms with Crippen LogP contribution >= 0.6 is 0 Å². The first kappa shape index (κ1) is 12.3. The Morgan fingerprint density at radius 1 is 1.00 bits per heavy atom. The van der Waals surface area contributed by atoms with Gasteiger partial charge in [0.1, 0.15) is 5.75 Å². The molecular weight excluding hydrogens is 232 g/mol. The van der Waals surface area contributed by atoms with Gasteiger partial charge in [-0.15, -0.1) is 0 Å². The normalized spacial score (nSPS) is 20.1. The van der Waals surface area contributed by atoms with Gasteiger partial charge < -0.3 is 4.74 Å². The highest BCUT2D eigenvalue weighted by Gasteiger charge is 2.39. The summed E-state index contributed by atoms with van der Waals surface area (Å²) in [6.07, 6.45) is 1.15. The van der Waals surface area contributed by atoms with E-state index in [2.05, 4.69) is 62.4 Å². The van der Waals surface area contributed by atoms with Gasteiger partial charge in [0.05, 0.1) is 7.11 Å². The molecule has 0 radical (unpaired) electrons. The Labute approximate surface area is 115 Å². The number of rotatable bonds is 2. The number of ether oxygens (including phenoxy) is 1. The summed E-state index contributed by atoms with van der Waals surface area (Å²) in [4.78, 5) is 0. The fourth-order valence-electron chi connectivity index (χ4n) is 3.36.